The summed E-state index contributed by atoms with van der Waals surface area (Å²) in [6.45, 7) is 3.58. The molecular weight excluding hydrogens is 530 g/mol. The lowest BCUT2D eigenvalue weighted by atomic mass is 9.96. The van der Waals surface area contributed by atoms with E-state index in [1.54, 1.807) is 25.6 Å². The van der Waals surface area contributed by atoms with Crippen LogP contribution in [0.25, 0.3) is 6.08 Å². The average Bonchev–Trinajstić information content (AvgIpc) is 3.21. The van der Waals surface area contributed by atoms with Crippen molar-refractivity contribution in [2.75, 3.05) is 27.1 Å². The number of esters is 1. The molecule has 2 aromatic carbocycles. The van der Waals surface area contributed by atoms with E-state index in [0.29, 0.717) is 16.1 Å². The van der Waals surface area contributed by atoms with Gasteiger partial charge < -0.3 is 14.2 Å². The van der Waals surface area contributed by atoms with Gasteiger partial charge in [0.2, 0.25) is 0 Å². The van der Waals surface area contributed by atoms with Crippen LogP contribution in [0.4, 0.5) is 5.69 Å². The van der Waals surface area contributed by atoms with Crippen molar-refractivity contribution in [1.29, 1.82) is 0 Å². The third-order valence-corrected chi connectivity index (χ3v) is 7.69. The lowest BCUT2D eigenvalue weighted by Gasteiger charge is -2.24. The predicted molar refractivity (Wildman–Crippen MR) is 145 cm³/mol. The number of carbonyl (C=O) groups excluding carboxylic acids is 1. The van der Waals surface area contributed by atoms with Crippen molar-refractivity contribution in [3.63, 3.8) is 0 Å². The van der Waals surface area contributed by atoms with E-state index in [1.165, 1.54) is 37.0 Å². The topological polar surface area (TPSA) is 122 Å². The Morgan fingerprint density at radius 1 is 1.21 bits per heavy atom. The number of methoxy groups -OCH3 is 2. The van der Waals surface area contributed by atoms with Gasteiger partial charge in [0.05, 0.1) is 59.2 Å². The van der Waals surface area contributed by atoms with Crippen molar-refractivity contribution in [1.82, 2.24) is 4.57 Å². The molecule has 0 radical (unpaired) electrons. The van der Waals surface area contributed by atoms with Crippen LogP contribution in [0.2, 0.25) is 0 Å². The number of thioether (sulfide) groups is 1. The van der Waals surface area contributed by atoms with E-state index in [9.17, 15) is 19.7 Å². The number of thiazole rings is 1. The maximum Gasteiger partial charge on any atom is 0.338 e. The number of fused-ring (bicyclic) bond motifs is 1. The Hall–Kier alpha value is -3.90. The van der Waals surface area contributed by atoms with Crippen LogP contribution in [0.3, 0.4) is 0 Å². The summed E-state index contributed by atoms with van der Waals surface area (Å²) in [4.78, 5) is 44.0. The molecule has 3 aromatic rings. The molecule has 0 aliphatic carbocycles. The molecule has 0 unspecified atom stereocenters. The van der Waals surface area contributed by atoms with Crippen LogP contribution in [-0.2, 0) is 9.53 Å². The van der Waals surface area contributed by atoms with E-state index in [2.05, 4.69) is 4.99 Å². The van der Waals surface area contributed by atoms with Gasteiger partial charge in [-0.1, -0.05) is 23.5 Å². The summed E-state index contributed by atoms with van der Waals surface area (Å²) in [5.74, 6) is -0.0805. The minimum atomic E-state index is -0.774. The quantitative estimate of drug-likeness (QED) is 0.179. The van der Waals surface area contributed by atoms with Crippen LogP contribution in [0.1, 0.15) is 31.0 Å². The Morgan fingerprint density at radius 2 is 1.87 bits per heavy atom. The number of ether oxygens (including phenoxy) is 3. The zero-order valence-electron chi connectivity index (χ0n) is 21.3. The second-order valence-corrected chi connectivity index (χ2v) is 9.99. The van der Waals surface area contributed by atoms with E-state index >= 15 is 0 Å². The molecule has 38 heavy (non-hydrogen) atoms. The molecule has 0 bridgehead atoms. The smallest absolute Gasteiger partial charge is 0.338 e. The van der Waals surface area contributed by atoms with Crippen LogP contribution in [0, 0.1) is 10.1 Å². The van der Waals surface area contributed by atoms with Crippen LogP contribution >= 0.6 is 23.1 Å². The van der Waals surface area contributed by atoms with Crippen molar-refractivity contribution in [2.24, 2.45) is 4.99 Å². The number of hydrogen-bond donors (Lipinski definition) is 0. The first-order chi connectivity index (χ1) is 18.2. The summed E-state index contributed by atoms with van der Waals surface area (Å²) in [5, 5.41) is 11.8. The molecule has 0 saturated carbocycles. The van der Waals surface area contributed by atoms with Crippen LogP contribution in [0.15, 0.2) is 62.4 Å². The van der Waals surface area contributed by atoms with Crippen molar-refractivity contribution < 1.29 is 23.9 Å². The fraction of sp³-hybridized carbons (Fsp3) is 0.269. The number of nitro benzene ring substituents is 1. The van der Waals surface area contributed by atoms with E-state index in [-0.39, 0.29) is 39.5 Å². The number of hydrogen-bond acceptors (Lipinski definition) is 10. The Bertz CT molecular complexity index is 1620. The number of benzene rings is 2. The number of rotatable bonds is 8. The highest BCUT2D eigenvalue weighted by Gasteiger charge is 2.33. The minimum absolute atomic E-state index is 0.167. The molecule has 0 N–H and O–H groups in total. The maximum atomic E-state index is 13.8. The van der Waals surface area contributed by atoms with Gasteiger partial charge in [-0.05, 0) is 49.9 Å². The molecule has 0 spiro atoms. The highest BCUT2D eigenvalue weighted by molar-refractivity contribution is 7.98. The first kappa shape index (κ1) is 27.1. The molecular formula is C26H25N3O7S2. The molecule has 4 rings (SSSR count). The van der Waals surface area contributed by atoms with Crippen LogP contribution in [0.5, 0.6) is 11.5 Å². The average molecular weight is 556 g/mol. The molecule has 198 valence electrons. The molecule has 0 fully saturated rings. The fourth-order valence-corrected chi connectivity index (χ4v) is 5.64. The molecule has 1 aliphatic rings. The highest BCUT2D eigenvalue weighted by Crippen LogP contribution is 2.35. The first-order valence-corrected chi connectivity index (χ1v) is 13.5. The van der Waals surface area contributed by atoms with E-state index in [1.807, 2.05) is 30.5 Å². The van der Waals surface area contributed by atoms with Gasteiger partial charge in [-0.15, -0.1) is 11.8 Å². The summed E-state index contributed by atoms with van der Waals surface area (Å²) in [6.07, 6.45) is 3.39. The molecule has 1 aliphatic heterocycles. The van der Waals surface area contributed by atoms with Gasteiger partial charge in [0.1, 0.15) is 0 Å². The van der Waals surface area contributed by atoms with E-state index < -0.39 is 22.5 Å². The third-order valence-electron chi connectivity index (χ3n) is 5.96. The largest absolute Gasteiger partial charge is 0.493 e. The van der Waals surface area contributed by atoms with Gasteiger partial charge in [0.25, 0.3) is 11.2 Å². The SMILES string of the molecule is CCOC(=O)C1=C(C)N=c2s/c(=C\c3cc(OC)c(OC)cc3[N+](=O)[O-])c(=O)n2[C@H]1c1ccc(SC)cc1. The van der Waals surface area contributed by atoms with E-state index in [4.69, 9.17) is 14.2 Å². The summed E-state index contributed by atoms with van der Waals surface area (Å²) in [6, 6.07) is 9.49. The standard InChI is InChI=1S/C26H25N3O7S2/c1-6-36-25(31)22-14(2)27-26-28(23(22)15-7-9-17(37-5)10-8-15)24(30)21(38-26)12-16-11-19(34-3)20(35-4)13-18(16)29(32)33/h7-13,23H,6H2,1-5H3/b21-12-/t23-/m0/s1. The Balaban J connectivity index is 1.98. The number of nitro groups is 1. The predicted octanol–water partition coefficient (Wildman–Crippen LogP) is 3.45. The van der Waals surface area contributed by atoms with Crippen molar-refractivity contribution in [3.05, 3.63) is 88.6 Å². The first-order valence-electron chi connectivity index (χ1n) is 11.5. The molecule has 10 nitrogen and oxygen atoms in total. The third kappa shape index (κ3) is 4.96. The zero-order valence-corrected chi connectivity index (χ0v) is 23.0. The second kappa shape index (κ2) is 11.2. The normalized spacial score (nSPS) is 15.1. The monoisotopic (exact) mass is 555 g/mol. The molecule has 0 saturated heterocycles. The number of allylic oxidation sites excluding steroid dienone is 1. The molecule has 1 atom stereocenters. The van der Waals surface area contributed by atoms with E-state index in [0.717, 1.165) is 16.2 Å². The van der Waals surface area contributed by atoms with Crippen LogP contribution in [-0.4, -0.2) is 42.5 Å². The molecule has 2 heterocycles. The lowest BCUT2D eigenvalue weighted by molar-refractivity contribution is -0.385. The van der Waals surface area contributed by atoms with Gasteiger partial charge in [-0.25, -0.2) is 9.79 Å². The lowest BCUT2D eigenvalue weighted by Crippen LogP contribution is -2.39. The minimum Gasteiger partial charge on any atom is -0.493 e. The highest BCUT2D eigenvalue weighted by atomic mass is 32.2. The van der Waals surface area contributed by atoms with Crippen molar-refractivity contribution in [3.8, 4) is 11.5 Å². The Labute approximate surface area is 226 Å². The molecule has 0 amide bonds. The molecule has 12 heteroatoms. The summed E-state index contributed by atoms with van der Waals surface area (Å²) in [7, 11) is 2.80. The van der Waals surface area contributed by atoms with Gasteiger partial charge in [0.15, 0.2) is 16.3 Å². The van der Waals surface area contributed by atoms with Crippen LogP contribution < -0.4 is 24.4 Å². The maximum absolute atomic E-state index is 13.8. The van der Waals surface area contributed by atoms with Gasteiger partial charge in [-0.3, -0.25) is 19.5 Å². The molecule has 1 aromatic heterocycles. The van der Waals surface area contributed by atoms with Crippen molar-refractivity contribution >= 4 is 40.8 Å². The Kier molecular flexibility index (Phi) is 8.02. The summed E-state index contributed by atoms with van der Waals surface area (Å²) >= 11 is 2.66. The second-order valence-electron chi connectivity index (χ2n) is 8.10. The zero-order chi connectivity index (χ0) is 27.6. The summed E-state index contributed by atoms with van der Waals surface area (Å²) < 4.78 is 17.5. The summed E-state index contributed by atoms with van der Waals surface area (Å²) in [5.41, 5.74) is 0.893. The number of carbonyl (C=O) groups is 1. The Morgan fingerprint density at radius 3 is 2.45 bits per heavy atom. The van der Waals surface area contributed by atoms with Gasteiger partial charge in [0, 0.05) is 4.90 Å². The number of aromatic nitrogens is 1. The van der Waals surface area contributed by atoms with Gasteiger partial charge in [-0.2, -0.15) is 0 Å². The fourth-order valence-electron chi connectivity index (χ4n) is 4.19. The van der Waals surface area contributed by atoms with Crippen molar-refractivity contribution in [2.45, 2.75) is 24.8 Å². The number of nitrogens with zero attached hydrogens (tertiary/aromatic N) is 3. The van der Waals surface area contributed by atoms with Gasteiger partial charge >= 0.3 is 5.97 Å².